The van der Waals surface area contributed by atoms with Crippen molar-refractivity contribution in [1.82, 2.24) is 4.57 Å². The number of aliphatic carboxylic acids is 1. The molecular weight excluding hydrogens is 430 g/mol. The Morgan fingerprint density at radius 1 is 1.19 bits per heavy atom. The van der Waals surface area contributed by atoms with Gasteiger partial charge in [-0.3, -0.25) is 4.79 Å². The number of ether oxygens (including phenoxy) is 1. The monoisotopic (exact) mass is 457 g/mol. The first-order valence-corrected chi connectivity index (χ1v) is 10.9. The Morgan fingerprint density at radius 2 is 1.88 bits per heavy atom. The van der Waals surface area contributed by atoms with Gasteiger partial charge in [-0.15, -0.1) is 0 Å². The van der Waals surface area contributed by atoms with Gasteiger partial charge in [0, 0.05) is 28.2 Å². The molecule has 0 amide bonds. The van der Waals surface area contributed by atoms with Crippen LogP contribution in [-0.4, -0.2) is 33.3 Å². The molecule has 1 heterocycles. The van der Waals surface area contributed by atoms with E-state index in [0.29, 0.717) is 34.7 Å². The van der Waals surface area contributed by atoms with Gasteiger partial charge in [0.05, 0.1) is 12.2 Å². The number of halogens is 1. The zero-order chi connectivity index (χ0) is 23.8. The second-order valence-corrected chi connectivity index (χ2v) is 8.89. The van der Waals surface area contributed by atoms with Gasteiger partial charge in [0.1, 0.15) is 11.2 Å². The number of carbonyl (C=O) groups is 2. The first kappa shape index (κ1) is 23.7. The summed E-state index contributed by atoms with van der Waals surface area (Å²) in [7, 11) is 0. The lowest BCUT2D eigenvalue weighted by Gasteiger charge is -2.28. The zero-order valence-electron chi connectivity index (χ0n) is 18.9. The highest BCUT2D eigenvalue weighted by molar-refractivity contribution is 6.32. The minimum Gasteiger partial charge on any atom is -0.508 e. The molecule has 0 fully saturated rings. The molecule has 2 N–H and O–H groups in total. The van der Waals surface area contributed by atoms with Gasteiger partial charge < -0.3 is 19.5 Å². The largest absolute Gasteiger partial charge is 0.508 e. The Labute approximate surface area is 192 Å². The van der Waals surface area contributed by atoms with Crippen LogP contribution in [0.2, 0.25) is 5.02 Å². The van der Waals surface area contributed by atoms with Crippen LogP contribution >= 0.6 is 11.6 Å². The summed E-state index contributed by atoms with van der Waals surface area (Å²) < 4.78 is 7.38. The van der Waals surface area contributed by atoms with Crippen LogP contribution in [0.3, 0.4) is 0 Å². The highest BCUT2D eigenvalue weighted by atomic mass is 35.5. The third kappa shape index (κ3) is 3.84. The Hall–Kier alpha value is -2.99. The van der Waals surface area contributed by atoms with Crippen molar-refractivity contribution in [3.63, 3.8) is 0 Å². The van der Waals surface area contributed by atoms with Gasteiger partial charge in [0.15, 0.2) is 0 Å². The van der Waals surface area contributed by atoms with E-state index in [1.165, 1.54) is 25.1 Å². The van der Waals surface area contributed by atoms with Gasteiger partial charge in [-0.25, -0.2) is 4.79 Å². The predicted molar refractivity (Wildman–Crippen MR) is 125 cm³/mol. The molecule has 0 radical (unpaired) electrons. The van der Waals surface area contributed by atoms with Crippen molar-refractivity contribution in [3.8, 4) is 5.75 Å². The number of esters is 1. The number of hydrogen-bond acceptors (Lipinski definition) is 4. The molecule has 6 nitrogen and oxygen atoms in total. The number of aromatic nitrogens is 1. The maximum absolute atomic E-state index is 13.0. The number of benzene rings is 2. The van der Waals surface area contributed by atoms with E-state index in [4.69, 9.17) is 16.3 Å². The first-order valence-electron chi connectivity index (χ1n) is 10.6. The minimum absolute atomic E-state index is 0.0942. The van der Waals surface area contributed by atoms with Crippen LogP contribution in [0.15, 0.2) is 36.4 Å². The van der Waals surface area contributed by atoms with E-state index in [-0.39, 0.29) is 22.9 Å². The van der Waals surface area contributed by atoms with Crippen LogP contribution < -0.4 is 0 Å². The number of carboxylic acid groups (broad SMARTS) is 1. The fraction of sp³-hybridized carbons (Fsp3) is 0.360. The Kier molecular flexibility index (Phi) is 6.56. The molecule has 0 saturated carbocycles. The molecule has 3 aromatic rings. The number of carbonyl (C=O) groups excluding carboxylic acids is 1. The van der Waals surface area contributed by atoms with E-state index < -0.39 is 17.4 Å². The van der Waals surface area contributed by atoms with Gasteiger partial charge in [-0.2, -0.15) is 0 Å². The third-order valence-corrected chi connectivity index (χ3v) is 6.16. The standard InChI is InChI=1S/C25H28ClNO5/c1-6-32-23(29)21-15(4)27(13-14(2)3)20-9-7-8-17(22(20)21)25(5,24(30)31)18-12-16(28)10-11-19(18)26/h7-12,14,28H,6,13H2,1-5H3,(H,30,31). The first-order chi connectivity index (χ1) is 15.0. The molecule has 0 spiro atoms. The van der Waals surface area contributed by atoms with E-state index in [9.17, 15) is 19.8 Å². The van der Waals surface area contributed by atoms with Crippen LogP contribution in [0, 0.1) is 12.8 Å². The van der Waals surface area contributed by atoms with Crippen molar-refractivity contribution in [2.45, 2.75) is 46.6 Å². The quantitative estimate of drug-likeness (QED) is 0.455. The summed E-state index contributed by atoms with van der Waals surface area (Å²) in [5.41, 5.74) is 0.830. The molecule has 2 aromatic carbocycles. The van der Waals surface area contributed by atoms with Crippen molar-refractivity contribution < 1.29 is 24.5 Å². The number of phenols is 1. The maximum Gasteiger partial charge on any atom is 0.340 e. The molecule has 0 saturated heterocycles. The van der Waals surface area contributed by atoms with E-state index in [2.05, 4.69) is 13.8 Å². The summed E-state index contributed by atoms with van der Waals surface area (Å²) in [5.74, 6) is -1.45. The molecule has 3 rings (SSSR count). The van der Waals surface area contributed by atoms with E-state index in [1.807, 2.05) is 17.6 Å². The molecule has 7 heteroatoms. The number of rotatable bonds is 7. The molecule has 0 aliphatic rings. The van der Waals surface area contributed by atoms with Crippen LogP contribution in [0.1, 0.15) is 54.9 Å². The van der Waals surface area contributed by atoms with Gasteiger partial charge in [-0.05, 0) is 62.1 Å². The lowest BCUT2D eigenvalue weighted by Crippen LogP contribution is -2.34. The number of carboxylic acids is 1. The smallest absolute Gasteiger partial charge is 0.340 e. The lowest BCUT2D eigenvalue weighted by atomic mass is 9.74. The number of aromatic hydroxyl groups is 1. The van der Waals surface area contributed by atoms with Crippen molar-refractivity contribution >= 4 is 34.4 Å². The second kappa shape index (κ2) is 8.87. The van der Waals surface area contributed by atoms with Gasteiger partial charge in [-0.1, -0.05) is 37.6 Å². The maximum atomic E-state index is 13.0. The molecule has 1 aromatic heterocycles. The van der Waals surface area contributed by atoms with Crippen LogP contribution in [0.4, 0.5) is 0 Å². The van der Waals surface area contributed by atoms with Crippen LogP contribution in [-0.2, 0) is 21.5 Å². The zero-order valence-corrected chi connectivity index (χ0v) is 19.7. The molecule has 1 atom stereocenters. The summed E-state index contributed by atoms with van der Waals surface area (Å²) in [6.07, 6.45) is 0. The summed E-state index contributed by atoms with van der Waals surface area (Å²) >= 11 is 6.41. The summed E-state index contributed by atoms with van der Waals surface area (Å²) in [5, 5.41) is 21.2. The molecular formula is C25H28ClNO5. The van der Waals surface area contributed by atoms with Gasteiger partial charge >= 0.3 is 11.9 Å². The lowest BCUT2D eigenvalue weighted by molar-refractivity contribution is -0.141. The van der Waals surface area contributed by atoms with E-state index in [0.717, 1.165) is 5.52 Å². The van der Waals surface area contributed by atoms with Crippen LogP contribution in [0.25, 0.3) is 10.9 Å². The normalized spacial score (nSPS) is 13.3. The van der Waals surface area contributed by atoms with Gasteiger partial charge in [0.2, 0.25) is 0 Å². The van der Waals surface area contributed by atoms with E-state index >= 15 is 0 Å². The number of phenolic OH excluding ortho intramolecular Hbond substituents is 1. The number of nitrogens with zero attached hydrogens (tertiary/aromatic N) is 1. The fourth-order valence-corrected chi connectivity index (χ4v) is 4.57. The van der Waals surface area contributed by atoms with Crippen molar-refractivity contribution in [3.05, 3.63) is 63.8 Å². The third-order valence-electron chi connectivity index (χ3n) is 5.83. The Balaban J connectivity index is 2.48. The summed E-state index contributed by atoms with van der Waals surface area (Å²) in [4.78, 5) is 25.8. The molecule has 0 bridgehead atoms. The highest BCUT2D eigenvalue weighted by Gasteiger charge is 2.42. The van der Waals surface area contributed by atoms with Gasteiger partial charge in [0.25, 0.3) is 0 Å². The SMILES string of the molecule is CCOC(=O)c1c(C)n(CC(C)C)c2cccc(C(C)(C(=O)O)c3cc(O)ccc3Cl)c12. The molecule has 0 aliphatic carbocycles. The van der Waals surface area contributed by atoms with Crippen molar-refractivity contribution in [1.29, 1.82) is 0 Å². The molecule has 170 valence electrons. The molecule has 32 heavy (non-hydrogen) atoms. The Bertz CT molecular complexity index is 1200. The fourth-order valence-electron chi connectivity index (χ4n) is 4.27. The summed E-state index contributed by atoms with van der Waals surface area (Å²) in [6, 6.07) is 9.58. The summed E-state index contributed by atoms with van der Waals surface area (Å²) in [6.45, 7) is 10.1. The average Bonchev–Trinajstić information content (AvgIpc) is 3.00. The average molecular weight is 458 g/mol. The highest BCUT2D eigenvalue weighted by Crippen LogP contribution is 2.43. The van der Waals surface area contributed by atoms with Crippen molar-refractivity contribution in [2.75, 3.05) is 6.61 Å². The van der Waals surface area contributed by atoms with Crippen molar-refractivity contribution in [2.24, 2.45) is 5.92 Å². The second-order valence-electron chi connectivity index (χ2n) is 8.48. The molecule has 1 unspecified atom stereocenters. The minimum atomic E-state index is -1.63. The number of fused-ring (bicyclic) bond motifs is 1. The Morgan fingerprint density at radius 3 is 2.47 bits per heavy atom. The predicted octanol–water partition coefficient (Wildman–Crippen LogP) is 5.53. The molecule has 0 aliphatic heterocycles. The van der Waals surface area contributed by atoms with E-state index in [1.54, 1.807) is 19.1 Å². The van der Waals surface area contributed by atoms with Crippen LogP contribution in [0.5, 0.6) is 5.75 Å². The number of hydrogen-bond donors (Lipinski definition) is 2. The topological polar surface area (TPSA) is 88.8 Å².